The van der Waals surface area contributed by atoms with Gasteiger partial charge in [0, 0.05) is 27.2 Å². The van der Waals surface area contributed by atoms with Gasteiger partial charge in [0.15, 0.2) is 16.6 Å². The van der Waals surface area contributed by atoms with Crippen LogP contribution in [0.2, 0.25) is 5.02 Å². The van der Waals surface area contributed by atoms with Crippen molar-refractivity contribution in [2.24, 2.45) is 0 Å². The maximum atomic E-state index is 5.95. The smallest absolute Gasteiger partial charge is 0.187 e. The molecule has 4 nitrogen and oxygen atoms in total. The SMILES string of the molecule is COc1ccc(Nc2nc(-c3ccc(Cl)cc3)c(C)s2)cc1OC. The van der Waals surface area contributed by atoms with Crippen molar-refractivity contribution >= 4 is 33.8 Å². The van der Waals surface area contributed by atoms with E-state index in [1.54, 1.807) is 25.6 Å². The molecule has 6 heteroatoms. The first-order valence-electron chi connectivity index (χ1n) is 7.33. The molecular formula is C18H17ClN2O2S. The second kappa shape index (κ2) is 7.11. The molecule has 3 rings (SSSR count). The molecule has 0 saturated heterocycles. The van der Waals surface area contributed by atoms with Crippen LogP contribution in [0.4, 0.5) is 10.8 Å². The van der Waals surface area contributed by atoms with Gasteiger partial charge in [-0.05, 0) is 31.2 Å². The number of halogens is 1. The molecule has 124 valence electrons. The van der Waals surface area contributed by atoms with Gasteiger partial charge in [-0.3, -0.25) is 0 Å². The molecule has 1 N–H and O–H groups in total. The molecule has 0 aliphatic heterocycles. The third-order valence-corrected chi connectivity index (χ3v) is 4.69. The van der Waals surface area contributed by atoms with Crippen LogP contribution in [0.5, 0.6) is 11.5 Å². The van der Waals surface area contributed by atoms with Crippen molar-refractivity contribution in [3.8, 4) is 22.8 Å². The average Bonchev–Trinajstić information content (AvgIpc) is 2.95. The van der Waals surface area contributed by atoms with Crippen molar-refractivity contribution < 1.29 is 9.47 Å². The summed E-state index contributed by atoms with van der Waals surface area (Å²) in [6.45, 7) is 2.06. The monoisotopic (exact) mass is 360 g/mol. The van der Waals surface area contributed by atoms with Crippen LogP contribution in [-0.2, 0) is 0 Å². The van der Waals surface area contributed by atoms with Crippen LogP contribution >= 0.6 is 22.9 Å². The molecule has 3 aromatic rings. The van der Waals surface area contributed by atoms with Crippen molar-refractivity contribution in [1.29, 1.82) is 0 Å². The molecule has 0 saturated carbocycles. The second-order valence-electron chi connectivity index (χ2n) is 5.13. The molecule has 1 heterocycles. The lowest BCUT2D eigenvalue weighted by molar-refractivity contribution is 0.355. The fourth-order valence-electron chi connectivity index (χ4n) is 2.36. The third-order valence-electron chi connectivity index (χ3n) is 3.55. The van der Waals surface area contributed by atoms with Crippen LogP contribution in [0.1, 0.15) is 4.88 Å². The summed E-state index contributed by atoms with van der Waals surface area (Å²) in [4.78, 5) is 5.83. The fraction of sp³-hybridized carbons (Fsp3) is 0.167. The van der Waals surface area contributed by atoms with Crippen molar-refractivity contribution in [3.63, 3.8) is 0 Å². The number of nitrogens with one attached hydrogen (secondary N) is 1. The highest BCUT2D eigenvalue weighted by molar-refractivity contribution is 7.16. The van der Waals surface area contributed by atoms with Crippen molar-refractivity contribution in [3.05, 3.63) is 52.4 Å². The predicted octanol–water partition coefficient (Wildman–Crippen LogP) is 5.53. The number of benzene rings is 2. The maximum Gasteiger partial charge on any atom is 0.187 e. The maximum absolute atomic E-state index is 5.95. The van der Waals surface area contributed by atoms with E-state index >= 15 is 0 Å². The molecule has 1 aromatic heterocycles. The van der Waals surface area contributed by atoms with E-state index < -0.39 is 0 Å². The van der Waals surface area contributed by atoms with Crippen molar-refractivity contribution in [1.82, 2.24) is 4.98 Å². The number of aryl methyl sites for hydroxylation is 1. The molecule has 24 heavy (non-hydrogen) atoms. The summed E-state index contributed by atoms with van der Waals surface area (Å²) in [6, 6.07) is 13.4. The summed E-state index contributed by atoms with van der Waals surface area (Å²) in [5.74, 6) is 1.37. The van der Waals surface area contributed by atoms with Gasteiger partial charge in [-0.1, -0.05) is 23.7 Å². The zero-order valence-electron chi connectivity index (χ0n) is 13.6. The van der Waals surface area contributed by atoms with E-state index in [-0.39, 0.29) is 0 Å². The number of nitrogens with zero attached hydrogens (tertiary/aromatic N) is 1. The van der Waals surface area contributed by atoms with Crippen LogP contribution < -0.4 is 14.8 Å². The third kappa shape index (κ3) is 3.47. The number of hydrogen-bond acceptors (Lipinski definition) is 5. The predicted molar refractivity (Wildman–Crippen MR) is 100 cm³/mol. The van der Waals surface area contributed by atoms with Gasteiger partial charge in [0.05, 0.1) is 19.9 Å². The Morgan fingerprint density at radius 2 is 1.71 bits per heavy atom. The lowest BCUT2D eigenvalue weighted by Gasteiger charge is -2.09. The van der Waals surface area contributed by atoms with E-state index in [2.05, 4.69) is 12.2 Å². The summed E-state index contributed by atoms with van der Waals surface area (Å²) in [5, 5.41) is 4.86. The van der Waals surface area contributed by atoms with Crippen LogP contribution in [0.15, 0.2) is 42.5 Å². The molecule has 0 aliphatic carbocycles. The zero-order chi connectivity index (χ0) is 17.1. The highest BCUT2D eigenvalue weighted by atomic mass is 35.5. The van der Waals surface area contributed by atoms with Gasteiger partial charge >= 0.3 is 0 Å². The molecule has 0 amide bonds. The van der Waals surface area contributed by atoms with Gasteiger partial charge in [0.2, 0.25) is 0 Å². The lowest BCUT2D eigenvalue weighted by atomic mass is 10.1. The topological polar surface area (TPSA) is 43.4 Å². The Morgan fingerprint density at radius 3 is 2.38 bits per heavy atom. The van der Waals surface area contributed by atoms with E-state index in [4.69, 9.17) is 26.1 Å². The van der Waals surface area contributed by atoms with Gasteiger partial charge in [0.25, 0.3) is 0 Å². The van der Waals surface area contributed by atoms with Crippen LogP contribution in [0, 0.1) is 6.92 Å². The minimum atomic E-state index is 0.675. The Bertz CT molecular complexity index is 847. The molecule has 0 radical (unpaired) electrons. The summed E-state index contributed by atoms with van der Waals surface area (Å²) < 4.78 is 10.6. The lowest BCUT2D eigenvalue weighted by Crippen LogP contribution is -1.94. The molecular weight excluding hydrogens is 344 g/mol. The molecule has 2 aromatic carbocycles. The summed E-state index contributed by atoms with van der Waals surface area (Å²) >= 11 is 7.56. The van der Waals surface area contributed by atoms with Gasteiger partial charge in [-0.15, -0.1) is 11.3 Å². The van der Waals surface area contributed by atoms with Crippen LogP contribution in [-0.4, -0.2) is 19.2 Å². The number of aromatic nitrogens is 1. The van der Waals surface area contributed by atoms with Gasteiger partial charge in [-0.2, -0.15) is 0 Å². The van der Waals surface area contributed by atoms with Gasteiger partial charge in [0.1, 0.15) is 0 Å². The first kappa shape index (κ1) is 16.6. The Labute approximate surface area is 150 Å². The highest BCUT2D eigenvalue weighted by Crippen LogP contribution is 2.35. The zero-order valence-corrected chi connectivity index (χ0v) is 15.2. The molecule has 0 atom stereocenters. The normalized spacial score (nSPS) is 10.5. The summed E-state index contributed by atoms with van der Waals surface area (Å²) in [7, 11) is 3.24. The average molecular weight is 361 g/mol. The standard InChI is InChI=1S/C18H17ClN2O2S/c1-11-17(12-4-6-13(19)7-5-12)21-18(24-11)20-14-8-9-15(22-2)16(10-14)23-3/h4-10H,1-3H3,(H,20,21). The number of ether oxygens (including phenoxy) is 2. The van der Waals surface area contributed by atoms with E-state index in [1.165, 1.54) is 0 Å². The Balaban J connectivity index is 1.86. The minimum Gasteiger partial charge on any atom is -0.493 e. The van der Waals surface area contributed by atoms with E-state index in [0.29, 0.717) is 11.5 Å². The largest absolute Gasteiger partial charge is 0.493 e. The first-order chi connectivity index (χ1) is 11.6. The number of rotatable bonds is 5. The van der Waals surface area contributed by atoms with Crippen molar-refractivity contribution in [2.75, 3.05) is 19.5 Å². The highest BCUT2D eigenvalue weighted by Gasteiger charge is 2.11. The van der Waals surface area contributed by atoms with Gasteiger partial charge < -0.3 is 14.8 Å². The Morgan fingerprint density at radius 1 is 1.00 bits per heavy atom. The first-order valence-corrected chi connectivity index (χ1v) is 8.52. The van der Waals surface area contributed by atoms with Crippen LogP contribution in [0.3, 0.4) is 0 Å². The van der Waals surface area contributed by atoms with Crippen molar-refractivity contribution in [2.45, 2.75) is 6.92 Å². The molecule has 0 aliphatic rings. The van der Waals surface area contributed by atoms with Gasteiger partial charge in [-0.25, -0.2) is 4.98 Å². The van der Waals surface area contributed by atoms with E-state index in [9.17, 15) is 0 Å². The molecule has 0 unspecified atom stereocenters. The van der Waals surface area contributed by atoms with Crippen LogP contribution in [0.25, 0.3) is 11.3 Å². The molecule has 0 fully saturated rings. The Hall–Kier alpha value is -2.24. The second-order valence-corrected chi connectivity index (χ2v) is 6.77. The Kier molecular flexibility index (Phi) is 4.92. The quantitative estimate of drug-likeness (QED) is 0.649. The van der Waals surface area contributed by atoms with E-state index in [0.717, 1.165) is 32.0 Å². The fourth-order valence-corrected chi connectivity index (χ4v) is 3.34. The summed E-state index contributed by atoms with van der Waals surface area (Å²) in [6.07, 6.45) is 0. The number of anilines is 2. The number of thiazole rings is 1. The van der Waals surface area contributed by atoms with E-state index in [1.807, 2.05) is 42.5 Å². The minimum absolute atomic E-state index is 0.675. The molecule has 0 spiro atoms. The summed E-state index contributed by atoms with van der Waals surface area (Å²) in [5.41, 5.74) is 2.90. The number of hydrogen-bond donors (Lipinski definition) is 1. The molecule has 0 bridgehead atoms. The number of methoxy groups -OCH3 is 2.